The fraction of sp³-hybridized carbons (Fsp3) is 0.229. The Labute approximate surface area is 240 Å². The molecular formula is C35H33ClN2O2. The van der Waals surface area contributed by atoms with E-state index in [1.54, 1.807) is 0 Å². The summed E-state index contributed by atoms with van der Waals surface area (Å²) in [5.74, 6) is 1.57. The van der Waals surface area contributed by atoms with Crippen LogP contribution in [-0.2, 0) is 11.3 Å². The van der Waals surface area contributed by atoms with Gasteiger partial charge in [0.2, 0.25) is 5.91 Å². The molecule has 1 amide bonds. The van der Waals surface area contributed by atoms with Gasteiger partial charge in [0.05, 0.1) is 0 Å². The SMILES string of the molecule is Cc1ccc(Cn2cc([C@H](CC(=O)N3CCCC3)c3cccc(Oc4ccc(Cl)cc4)c3)c3ccccc32)cc1. The van der Waals surface area contributed by atoms with Crippen molar-refractivity contribution in [2.45, 2.75) is 38.6 Å². The first-order valence-corrected chi connectivity index (χ1v) is 14.4. The van der Waals surface area contributed by atoms with Crippen molar-refractivity contribution in [3.8, 4) is 11.5 Å². The Balaban J connectivity index is 1.40. The van der Waals surface area contributed by atoms with Crippen LogP contribution in [-0.4, -0.2) is 28.5 Å². The van der Waals surface area contributed by atoms with Crippen molar-refractivity contribution < 1.29 is 9.53 Å². The van der Waals surface area contributed by atoms with Crippen molar-refractivity contribution in [1.82, 2.24) is 9.47 Å². The Morgan fingerprint density at radius 2 is 1.62 bits per heavy atom. The highest BCUT2D eigenvalue weighted by molar-refractivity contribution is 6.30. The van der Waals surface area contributed by atoms with Crippen LogP contribution in [0.5, 0.6) is 11.5 Å². The third-order valence-electron chi connectivity index (χ3n) is 7.82. The van der Waals surface area contributed by atoms with Crippen LogP contribution in [0, 0.1) is 6.92 Å². The van der Waals surface area contributed by atoms with Crippen molar-refractivity contribution in [2.24, 2.45) is 0 Å². The smallest absolute Gasteiger partial charge is 0.223 e. The van der Waals surface area contributed by atoms with Crippen LogP contribution in [0.25, 0.3) is 10.9 Å². The van der Waals surface area contributed by atoms with Crippen molar-refractivity contribution in [3.63, 3.8) is 0 Å². The number of benzene rings is 4. The highest BCUT2D eigenvalue weighted by Crippen LogP contribution is 2.37. The van der Waals surface area contributed by atoms with Crippen LogP contribution in [0.2, 0.25) is 5.02 Å². The van der Waals surface area contributed by atoms with E-state index in [1.165, 1.54) is 27.6 Å². The Hall–Kier alpha value is -4.02. The summed E-state index contributed by atoms with van der Waals surface area (Å²) in [6.07, 6.45) is 4.83. The molecule has 1 saturated heterocycles. The Morgan fingerprint density at radius 3 is 2.40 bits per heavy atom. The van der Waals surface area contributed by atoms with Gasteiger partial charge in [0.25, 0.3) is 0 Å². The van der Waals surface area contributed by atoms with Gasteiger partial charge in [-0.2, -0.15) is 0 Å². The number of aryl methyl sites for hydroxylation is 1. The minimum Gasteiger partial charge on any atom is -0.457 e. The van der Waals surface area contributed by atoms with E-state index in [1.807, 2.05) is 41.3 Å². The highest BCUT2D eigenvalue weighted by Gasteiger charge is 2.27. The molecule has 1 aliphatic heterocycles. The van der Waals surface area contributed by atoms with Crippen LogP contribution in [0.1, 0.15) is 47.4 Å². The minimum atomic E-state index is -0.106. The molecule has 0 N–H and O–H groups in total. The molecule has 40 heavy (non-hydrogen) atoms. The van der Waals surface area contributed by atoms with E-state index in [2.05, 4.69) is 78.4 Å². The standard InChI is InChI=1S/C35H33ClN2O2/c1-25-11-13-26(14-12-25)23-38-24-33(31-9-2-3-10-34(31)38)32(22-35(39)37-19-4-5-20-37)27-7-6-8-30(21-27)40-29-17-15-28(36)16-18-29/h2-3,6-18,21,24,32H,4-5,19-20,22-23H2,1H3/t32-/m1/s1. The maximum atomic E-state index is 13.6. The average molecular weight is 549 g/mol. The molecule has 1 aliphatic rings. The summed E-state index contributed by atoms with van der Waals surface area (Å²) in [4.78, 5) is 15.6. The zero-order chi connectivity index (χ0) is 27.5. The molecule has 5 aromatic rings. The van der Waals surface area contributed by atoms with Gasteiger partial charge >= 0.3 is 0 Å². The summed E-state index contributed by atoms with van der Waals surface area (Å²) in [7, 11) is 0. The van der Waals surface area contributed by atoms with E-state index in [0.717, 1.165) is 49.5 Å². The maximum absolute atomic E-state index is 13.6. The van der Waals surface area contributed by atoms with Gasteiger partial charge in [-0.3, -0.25) is 4.79 Å². The first-order valence-electron chi connectivity index (χ1n) is 14.0. The lowest BCUT2D eigenvalue weighted by Crippen LogP contribution is -2.29. The fourth-order valence-corrected chi connectivity index (χ4v) is 5.81. The molecule has 1 atom stereocenters. The molecule has 4 nitrogen and oxygen atoms in total. The second kappa shape index (κ2) is 11.6. The lowest BCUT2D eigenvalue weighted by atomic mass is 9.87. The van der Waals surface area contributed by atoms with Crippen molar-refractivity contribution in [3.05, 3.63) is 131 Å². The van der Waals surface area contributed by atoms with E-state index in [-0.39, 0.29) is 11.8 Å². The molecule has 5 heteroatoms. The molecule has 0 aliphatic carbocycles. The van der Waals surface area contributed by atoms with Gasteiger partial charge in [0.1, 0.15) is 11.5 Å². The maximum Gasteiger partial charge on any atom is 0.223 e. The average Bonchev–Trinajstić information content (AvgIpc) is 3.64. The lowest BCUT2D eigenvalue weighted by molar-refractivity contribution is -0.130. The van der Waals surface area contributed by atoms with Gasteiger partial charge in [0.15, 0.2) is 0 Å². The lowest BCUT2D eigenvalue weighted by Gasteiger charge is -2.22. The Kier molecular flexibility index (Phi) is 7.61. The van der Waals surface area contributed by atoms with Crippen molar-refractivity contribution in [2.75, 3.05) is 13.1 Å². The van der Waals surface area contributed by atoms with Gasteiger partial charge in [0, 0.05) is 54.1 Å². The number of hydrogen-bond donors (Lipinski definition) is 0. The number of ether oxygens (including phenoxy) is 1. The van der Waals surface area contributed by atoms with Gasteiger partial charge < -0.3 is 14.2 Å². The highest BCUT2D eigenvalue weighted by atomic mass is 35.5. The molecular weight excluding hydrogens is 516 g/mol. The van der Waals surface area contributed by atoms with Gasteiger partial charge in [-0.05, 0) is 78.9 Å². The molecule has 2 heterocycles. The minimum absolute atomic E-state index is 0.106. The van der Waals surface area contributed by atoms with Gasteiger partial charge in [-0.15, -0.1) is 0 Å². The monoisotopic (exact) mass is 548 g/mol. The van der Waals surface area contributed by atoms with Crippen LogP contribution < -0.4 is 4.74 Å². The first-order chi connectivity index (χ1) is 19.5. The van der Waals surface area contributed by atoms with E-state index in [0.29, 0.717) is 11.4 Å². The molecule has 1 aromatic heterocycles. The topological polar surface area (TPSA) is 34.5 Å². The zero-order valence-electron chi connectivity index (χ0n) is 22.7. The van der Waals surface area contributed by atoms with Crippen molar-refractivity contribution in [1.29, 1.82) is 0 Å². The fourth-order valence-electron chi connectivity index (χ4n) is 5.68. The third kappa shape index (κ3) is 5.78. The molecule has 0 spiro atoms. The normalized spacial score (nSPS) is 14.0. The second-order valence-electron chi connectivity index (χ2n) is 10.7. The number of amides is 1. The van der Waals surface area contributed by atoms with Crippen LogP contribution in [0.4, 0.5) is 0 Å². The Bertz CT molecular complexity index is 1620. The number of para-hydroxylation sites is 1. The number of nitrogens with zero attached hydrogens (tertiary/aromatic N) is 2. The number of fused-ring (bicyclic) bond motifs is 1. The van der Waals surface area contributed by atoms with Crippen LogP contribution in [0.3, 0.4) is 0 Å². The molecule has 0 bridgehead atoms. The van der Waals surface area contributed by atoms with E-state index in [9.17, 15) is 4.79 Å². The van der Waals surface area contributed by atoms with Crippen LogP contribution in [0.15, 0.2) is 103 Å². The second-order valence-corrected chi connectivity index (χ2v) is 11.1. The van der Waals surface area contributed by atoms with E-state index in [4.69, 9.17) is 16.3 Å². The molecule has 202 valence electrons. The Morgan fingerprint density at radius 1 is 0.875 bits per heavy atom. The summed E-state index contributed by atoms with van der Waals surface area (Å²) in [5, 5.41) is 1.85. The molecule has 1 fully saturated rings. The van der Waals surface area contributed by atoms with Gasteiger partial charge in [-0.1, -0.05) is 71.8 Å². The summed E-state index contributed by atoms with van der Waals surface area (Å²) in [6, 6.07) is 32.7. The summed E-state index contributed by atoms with van der Waals surface area (Å²) >= 11 is 6.07. The van der Waals surface area contributed by atoms with Gasteiger partial charge in [-0.25, -0.2) is 0 Å². The number of halogens is 1. The molecule has 0 unspecified atom stereocenters. The first kappa shape index (κ1) is 26.2. The number of hydrogen-bond acceptors (Lipinski definition) is 2. The largest absolute Gasteiger partial charge is 0.457 e. The molecule has 4 aromatic carbocycles. The number of carbonyl (C=O) groups is 1. The van der Waals surface area contributed by atoms with Crippen molar-refractivity contribution >= 4 is 28.4 Å². The van der Waals surface area contributed by atoms with Crippen LogP contribution >= 0.6 is 11.6 Å². The quantitative estimate of drug-likeness (QED) is 0.194. The molecule has 6 rings (SSSR count). The number of likely N-dealkylation sites (tertiary alicyclic amines) is 1. The summed E-state index contributed by atoms with van der Waals surface area (Å²) in [5.41, 5.74) is 5.91. The number of carbonyl (C=O) groups excluding carboxylic acids is 1. The van der Waals surface area contributed by atoms with E-state index < -0.39 is 0 Å². The number of aromatic nitrogens is 1. The predicted octanol–water partition coefficient (Wildman–Crippen LogP) is 8.59. The predicted molar refractivity (Wildman–Crippen MR) is 162 cm³/mol. The summed E-state index contributed by atoms with van der Waals surface area (Å²) in [6.45, 7) is 4.58. The third-order valence-corrected chi connectivity index (χ3v) is 8.07. The molecule has 0 radical (unpaired) electrons. The summed E-state index contributed by atoms with van der Waals surface area (Å²) < 4.78 is 8.50. The molecule has 0 saturated carbocycles. The number of rotatable bonds is 8. The van der Waals surface area contributed by atoms with E-state index >= 15 is 0 Å². The zero-order valence-corrected chi connectivity index (χ0v) is 23.5.